The van der Waals surface area contributed by atoms with Crippen LogP contribution < -0.4 is 0 Å². The predicted octanol–water partition coefficient (Wildman–Crippen LogP) is 2.82. The Kier molecular flexibility index (Phi) is 2.73. The van der Waals surface area contributed by atoms with Crippen LogP contribution in [0.2, 0.25) is 0 Å². The summed E-state index contributed by atoms with van der Waals surface area (Å²) >= 11 is 0. The minimum Gasteiger partial charge on any atom is -0.323 e. The molecule has 0 N–H and O–H groups in total. The second-order valence-electron chi connectivity index (χ2n) is 5.75. The topological polar surface area (TPSA) is 27.7 Å². The molecule has 4 rings (SSSR count). The van der Waals surface area contributed by atoms with Crippen molar-refractivity contribution in [2.75, 3.05) is 19.8 Å². The Labute approximate surface area is 108 Å². The highest BCUT2D eigenvalue weighted by molar-refractivity contribution is 5.29. The van der Waals surface area contributed by atoms with E-state index < -0.39 is 5.97 Å². The summed E-state index contributed by atoms with van der Waals surface area (Å²) in [4.78, 5) is 0. The Morgan fingerprint density at radius 3 is 2.06 bits per heavy atom. The number of hydrogen-bond donors (Lipinski definition) is 0. The van der Waals surface area contributed by atoms with Crippen molar-refractivity contribution in [2.45, 2.75) is 26.7 Å². The monoisotopic (exact) mass is 248 g/mol. The predicted molar refractivity (Wildman–Crippen MR) is 68.0 cm³/mol. The number of ether oxygens (including phenoxy) is 3. The molecule has 0 aliphatic carbocycles. The molecule has 0 amide bonds. The lowest BCUT2D eigenvalue weighted by atomic mass is 9.77. The average Bonchev–Trinajstić information content (AvgIpc) is 2.41. The average molecular weight is 248 g/mol. The van der Waals surface area contributed by atoms with Gasteiger partial charge in [-0.05, 0) is 18.4 Å². The van der Waals surface area contributed by atoms with Crippen molar-refractivity contribution < 1.29 is 14.2 Å². The van der Waals surface area contributed by atoms with Crippen molar-refractivity contribution >= 4 is 0 Å². The van der Waals surface area contributed by atoms with Crippen molar-refractivity contribution in [3.05, 3.63) is 35.4 Å². The van der Waals surface area contributed by atoms with E-state index in [1.54, 1.807) is 0 Å². The van der Waals surface area contributed by atoms with Crippen LogP contribution in [-0.2, 0) is 20.2 Å². The van der Waals surface area contributed by atoms with Gasteiger partial charge in [0.1, 0.15) is 0 Å². The van der Waals surface area contributed by atoms with E-state index in [9.17, 15) is 0 Å². The molecular formula is C15H20O3. The molecule has 1 aromatic carbocycles. The minimum absolute atomic E-state index is 0.0183. The molecule has 98 valence electrons. The maximum atomic E-state index is 5.95. The van der Waals surface area contributed by atoms with Crippen LogP contribution in [-0.4, -0.2) is 19.8 Å². The largest absolute Gasteiger partial charge is 0.323 e. The van der Waals surface area contributed by atoms with Crippen molar-refractivity contribution in [3.8, 4) is 0 Å². The molecule has 0 aromatic heterocycles. The molecule has 1 aromatic rings. The van der Waals surface area contributed by atoms with Gasteiger partial charge in [-0.1, -0.05) is 38.1 Å². The molecule has 3 aliphatic heterocycles. The highest BCUT2D eigenvalue weighted by Gasteiger charge is 2.55. The zero-order chi connectivity index (χ0) is 12.8. The van der Waals surface area contributed by atoms with Gasteiger partial charge in [0, 0.05) is 11.0 Å². The van der Waals surface area contributed by atoms with Crippen molar-refractivity contribution in [1.29, 1.82) is 0 Å². The van der Waals surface area contributed by atoms with Crippen LogP contribution in [0.15, 0.2) is 24.3 Å². The Balaban J connectivity index is 1.91. The summed E-state index contributed by atoms with van der Waals surface area (Å²) in [7, 11) is 0. The van der Waals surface area contributed by atoms with Crippen molar-refractivity contribution in [1.82, 2.24) is 0 Å². The molecule has 0 radical (unpaired) electrons. The lowest BCUT2D eigenvalue weighted by molar-refractivity contribution is -0.484. The Morgan fingerprint density at radius 1 is 1.00 bits per heavy atom. The Morgan fingerprint density at radius 2 is 1.56 bits per heavy atom. The molecule has 3 heterocycles. The molecule has 3 saturated heterocycles. The summed E-state index contributed by atoms with van der Waals surface area (Å²) in [6.07, 6.45) is 0. The van der Waals surface area contributed by atoms with Gasteiger partial charge in [0.15, 0.2) is 0 Å². The van der Waals surface area contributed by atoms with Gasteiger partial charge < -0.3 is 14.2 Å². The third-order valence-electron chi connectivity index (χ3n) is 4.35. The maximum absolute atomic E-state index is 5.95. The van der Waals surface area contributed by atoms with Gasteiger partial charge in [0.2, 0.25) is 0 Å². The van der Waals surface area contributed by atoms with Crippen LogP contribution in [0.4, 0.5) is 0 Å². The van der Waals surface area contributed by atoms with Crippen molar-refractivity contribution in [3.63, 3.8) is 0 Å². The minimum atomic E-state index is -0.970. The summed E-state index contributed by atoms with van der Waals surface area (Å²) in [5.41, 5.74) is 2.14. The van der Waals surface area contributed by atoms with Crippen LogP contribution in [0.1, 0.15) is 25.0 Å². The molecule has 2 bridgehead atoms. The first-order chi connectivity index (χ1) is 8.58. The van der Waals surface area contributed by atoms with Gasteiger partial charge >= 0.3 is 5.97 Å². The third kappa shape index (κ3) is 1.62. The zero-order valence-electron chi connectivity index (χ0n) is 11.2. The lowest BCUT2D eigenvalue weighted by Crippen LogP contribution is -2.60. The summed E-state index contributed by atoms with van der Waals surface area (Å²) in [5.74, 6) is -0.477. The van der Waals surface area contributed by atoms with E-state index in [0.29, 0.717) is 25.7 Å². The molecule has 3 aliphatic rings. The van der Waals surface area contributed by atoms with Gasteiger partial charge in [-0.2, -0.15) is 0 Å². The SMILES string of the molecule is Cc1ccccc1C12OCC(C(C)C)(CO1)CO2. The standard InChI is InChI=1S/C15H20O3/c1-11(2)14-8-16-15(17-9-14,18-10-14)13-7-5-4-6-12(13)3/h4-7,11H,8-10H2,1-3H3. The van der Waals surface area contributed by atoms with Crippen molar-refractivity contribution in [2.24, 2.45) is 11.3 Å². The van der Waals surface area contributed by atoms with Gasteiger partial charge in [-0.15, -0.1) is 0 Å². The molecule has 0 atom stereocenters. The quantitative estimate of drug-likeness (QED) is 0.805. The van der Waals surface area contributed by atoms with E-state index in [2.05, 4.69) is 26.8 Å². The van der Waals surface area contributed by atoms with Crippen LogP contribution >= 0.6 is 0 Å². The molecular weight excluding hydrogens is 228 g/mol. The van der Waals surface area contributed by atoms with E-state index in [1.807, 2.05) is 18.2 Å². The van der Waals surface area contributed by atoms with E-state index in [-0.39, 0.29) is 5.41 Å². The van der Waals surface area contributed by atoms with Gasteiger partial charge in [0.25, 0.3) is 0 Å². The van der Waals surface area contributed by atoms with Crippen LogP contribution in [0.5, 0.6) is 0 Å². The summed E-state index contributed by atoms with van der Waals surface area (Å²) in [6.45, 7) is 8.57. The molecule has 0 saturated carbocycles. The Hall–Kier alpha value is -0.900. The summed E-state index contributed by atoms with van der Waals surface area (Å²) < 4.78 is 17.9. The number of rotatable bonds is 2. The molecule has 3 nitrogen and oxygen atoms in total. The normalized spacial score (nSPS) is 35.1. The summed E-state index contributed by atoms with van der Waals surface area (Å²) in [6, 6.07) is 8.08. The molecule has 0 unspecified atom stereocenters. The van der Waals surface area contributed by atoms with E-state index in [0.717, 1.165) is 11.1 Å². The second kappa shape index (κ2) is 4.05. The molecule has 18 heavy (non-hydrogen) atoms. The molecule has 3 heteroatoms. The fourth-order valence-electron chi connectivity index (χ4n) is 2.62. The fourth-order valence-corrected chi connectivity index (χ4v) is 2.62. The lowest BCUT2D eigenvalue weighted by Gasteiger charge is -2.53. The fraction of sp³-hybridized carbons (Fsp3) is 0.600. The van der Waals surface area contributed by atoms with Gasteiger partial charge in [-0.3, -0.25) is 0 Å². The number of fused-ring (bicyclic) bond motifs is 3. The zero-order valence-corrected chi connectivity index (χ0v) is 11.2. The Bertz CT molecular complexity index is 428. The highest BCUT2D eigenvalue weighted by Crippen LogP contribution is 2.47. The first-order valence-electron chi connectivity index (χ1n) is 6.56. The van der Waals surface area contributed by atoms with Crippen LogP contribution in [0, 0.1) is 18.3 Å². The highest BCUT2D eigenvalue weighted by atomic mass is 16.9. The molecule has 3 fully saturated rings. The van der Waals surface area contributed by atoms with E-state index in [1.165, 1.54) is 0 Å². The number of aryl methyl sites for hydroxylation is 1. The first-order valence-corrected chi connectivity index (χ1v) is 6.56. The van der Waals surface area contributed by atoms with E-state index in [4.69, 9.17) is 14.2 Å². The summed E-state index contributed by atoms with van der Waals surface area (Å²) in [5, 5.41) is 0. The third-order valence-corrected chi connectivity index (χ3v) is 4.35. The van der Waals surface area contributed by atoms with Crippen LogP contribution in [0.25, 0.3) is 0 Å². The van der Waals surface area contributed by atoms with Crippen LogP contribution in [0.3, 0.4) is 0 Å². The van der Waals surface area contributed by atoms with E-state index >= 15 is 0 Å². The smallest absolute Gasteiger partial charge is 0.312 e. The first kappa shape index (κ1) is 12.2. The number of hydrogen-bond acceptors (Lipinski definition) is 3. The van der Waals surface area contributed by atoms with Gasteiger partial charge in [0.05, 0.1) is 19.8 Å². The second-order valence-corrected chi connectivity index (χ2v) is 5.75. The van der Waals surface area contributed by atoms with Gasteiger partial charge in [-0.25, -0.2) is 0 Å². The molecule has 0 spiro atoms. The maximum Gasteiger partial charge on any atom is 0.312 e. The number of benzene rings is 1.